The van der Waals surface area contributed by atoms with Crippen molar-refractivity contribution < 1.29 is 25.2 Å². The molecule has 6 N–H and O–H groups in total. The lowest BCUT2D eigenvalue weighted by Crippen LogP contribution is -2.61. The third-order valence-electron chi connectivity index (χ3n) is 1.95. The summed E-state index contributed by atoms with van der Waals surface area (Å²) in [5.41, 5.74) is 5.26. The van der Waals surface area contributed by atoms with Crippen LogP contribution in [0.2, 0.25) is 0 Å². The maximum Gasteiger partial charge on any atom is 0.173 e. The average molecular weight is 179 g/mol. The summed E-state index contributed by atoms with van der Waals surface area (Å²) >= 11 is 0. The minimum atomic E-state index is -1.35. The highest BCUT2D eigenvalue weighted by Crippen LogP contribution is 2.17. The molecule has 0 spiro atoms. The van der Waals surface area contributed by atoms with Crippen LogP contribution in [0.4, 0.5) is 0 Å². The summed E-state index contributed by atoms with van der Waals surface area (Å²) in [7, 11) is 0. The standard InChI is InChI=1S/C6H13NO5/c7-3-5(10)4(9)2(1-8)12-6(3)11/h2-6,8-11H,1,7H2/t2?,3-,4?,5?,6-/m1/s1. The first-order valence-corrected chi connectivity index (χ1v) is 3.64. The Morgan fingerprint density at radius 2 is 1.75 bits per heavy atom. The molecule has 0 bridgehead atoms. The van der Waals surface area contributed by atoms with Crippen molar-refractivity contribution in [3.63, 3.8) is 0 Å². The van der Waals surface area contributed by atoms with Gasteiger partial charge in [-0.3, -0.25) is 0 Å². The molecule has 0 aliphatic carbocycles. The fraction of sp³-hybridized carbons (Fsp3) is 1.00. The average Bonchev–Trinajstić information content (AvgIpc) is 2.08. The van der Waals surface area contributed by atoms with E-state index in [1.807, 2.05) is 0 Å². The van der Waals surface area contributed by atoms with Gasteiger partial charge < -0.3 is 30.9 Å². The Hall–Kier alpha value is -0.240. The van der Waals surface area contributed by atoms with Crippen molar-refractivity contribution in [3.8, 4) is 0 Å². The number of aliphatic hydroxyl groups is 4. The third kappa shape index (κ3) is 1.58. The monoisotopic (exact) mass is 179 g/mol. The van der Waals surface area contributed by atoms with Crippen molar-refractivity contribution in [2.45, 2.75) is 30.6 Å². The predicted molar refractivity (Wildman–Crippen MR) is 38.0 cm³/mol. The smallest absolute Gasteiger partial charge is 0.173 e. The number of rotatable bonds is 1. The van der Waals surface area contributed by atoms with E-state index in [0.29, 0.717) is 0 Å². The van der Waals surface area contributed by atoms with Gasteiger partial charge in [-0.15, -0.1) is 0 Å². The van der Waals surface area contributed by atoms with Crippen LogP contribution in [0.5, 0.6) is 0 Å². The second-order valence-electron chi connectivity index (χ2n) is 2.81. The first-order chi connectivity index (χ1) is 5.57. The minimum Gasteiger partial charge on any atom is -0.394 e. The van der Waals surface area contributed by atoms with Gasteiger partial charge in [-0.2, -0.15) is 0 Å². The Morgan fingerprint density at radius 3 is 2.25 bits per heavy atom. The fourth-order valence-electron chi connectivity index (χ4n) is 1.12. The molecule has 1 aliphatic rings. The summed E-state index contributed by atoms with van der Waals surface area (Å²) < 4.78 is 4.70. The molecular formula is C6H13NO5. The van der Waals surface area contributed by atoms with Crippen LogP contribution in [0, 0.1) is 0 Å². The summed E-state index contributed by atoms with van der Waals surface area (Å²) in [4.78, 5) is 0. The number of hydrogen-bond donors (Lipinski definition) is 5. The highest BCUT2D eigenvalue weighted by molar-refractivity contribution is 4.90. The van der Waals surface area contributed by atoms with Crippen LogP contribution < -0.4 is 5.73 Å². The largest absolute Gasteiger partial charge is 0.394 e. The molecule has 1 fully saturated rings. The van der Waals surface area contributed by atoms with Gasteiger partial charge in [0.1, 0.15) is 18.3 Å². The summed E-state index contributed by atoms with van der Waals surface area (Å²) in [6, 6.07) is -1.04. The molecule has 0 aromatic heterocycles. The van der Waals surface area contributed by atoms with Crippen molar-refractivity contribution in [1.29, 1.82) is 0 Å². The summed E-state index contributed by atoms with van der Waals surface area (Å²) in [5.74, 6) is 0. The molecule has 1 aliphatic heterocycles. The van der Waals surface area contributed by atoms with Crippen molar-refractivity contribution in [2.24, 2.45) is 5.73 Å². The lowest BCUT2D eigenvalue weighted by molar-refractivity contribution is -0.248. The molecule has 1 rings (SSSR count). The molecule has 3 unspecified atom stereocenters. The van der Waals surface area contributed by atoms with Crippen molar-refractivity contribution in [1.82, 2.24) is 0 Å². The van der Waals surface area contributed by atoms with Crippen molar-refractivity contribution in [2.75, 3.05) is 6.61 Å². The Labute approximate surface area is 69.2 Å². The zero-order valence-electron chi connectivity index (χ0n) is 6.37. The maximum absolute atomic E-state index is 9.20. The summed E-state index contributed by atoms with van der Waals surface area (Å²) in [6.07, 6.45) is -4.85. The number of nitrogens with two attached hydrogens (primary N) is 1. The van der Waals surface area contributed by atoms with Crippen LogP contribution in [-0.4, -0.2) is 57.7 Å². The van der Waals surface area contributed by atoms with E-state index < -0.39 is 37.3 Å². The van der Waals surface area contributed by atoms with Gasteiger partial charge in [0.05, 0.1) is 12.6 Å². The van der Waals surface area contributed by atoms with E-state index in [2.05, 4.69) is 0 Å². The highest BCUT2D eigenvalue weighted by Gasteiger charge is 2.41. The van der Waals surface area contributed by atoms with E-state index in [1.54, 1.807) is 0 Å². The molecule has 0 aromatic carbocycles. The second kappa shape index (κ2) is 3.65. The normalized spacial score (nSPS) is 49.2. The van der Waals surface area contributed by atoms with Crippen LogP contribution in [-0.2, 0) is 4.74 Å². The topological polar surface area (TPSA) is 116 Å². The van der Waals surface area contributed by atoms with E-state index in [-0.39, 0.29) is 0 Å². The molecule has 6 heteroatoms. The lowest BCUT2D eigenvalue weighted by atomic mass is 9.98. The molecule has 0 amide bonds. The van der Waals surface area contributed by atoms with Gasteiger partial charge in [0.15, 0.2) is 6.29 Å². The number of ether oxygens (including phenoxy) is 1. The molecule has 0 saturated carbocycles. The lowest BCUT2D eigenvalue weighted by Gasteiger charge is -2.38. The van der Waals surface area contributed by atoms with Gasteiger partial charge in [0.2, 0.25) is 0 Å². The van der Waals surface area contributed by atoms with Crippen LogP contribution >= 0.6 is 0 Å². The van der Waals surface area contributed by atoms with E-state index >= 15 is 0 Å². The van der Waals surface area contributed by atoms with E-state index in [9.17, 15) is 10.2 Å². The summed E-state index contributed by atoms with van der Waals surface area (Å²) in [5, 5.41) is 36.1. The SMILES string of the molecule is N[C@@H]1C(O)C(O)C(CO)O[C@H]1O. The van der Waals surface area contributed by atoms with Crippen molar-refractivity contribution >= 4 is 0 Å². The van der Waals surface area contributed by atoms with Crippen LogP contribution in [0.25, 0.3) is 0 Å². The van der Waals surface area contributed by atoms with Crippen LogP contribution in [0.15, 0.2) is 0 Å². The molecular weight excluding hydrogens is 166 g/mol. The zero-order chi connectivity index (χ0) is 9.30. The quantitative estimate of drug-likeness (QED) is 0.288. The van der Waals surface area contributed by atoms with Gasteiger partial charge in [0.25, 0.3) is 0 Å². The highest BCUT2D eigenvalue weighted by atomic mass is 16.6. The molecule has 72 valence electrons. The van der Waals surface area contributed by atoms with Gasteiger partial charge in [-0.25, -0.2) is 0 Å². The first-order valence-electron chi connectivity index (χ1n) is 3.64. The van der Waals surface area contributed by atoms with E-state index in [1.165, 1.54) is 0 Å². The molecule has 0 aromatic rings. The number of aliphatic hydroxyl groups excluding tert-OH is 4. The molecule has 6 nitrogen and oxygen atoms in total. The first kappa shape index (κ1) is 9.85. The Morgan fingerprint density at radius 1 is 1.17 bits per heavy atom. The van der Waals surface area contributed by atoms with Gasteiger partial charge >= 0.3 is 0 Å². The molecule has 12 heavy (non-hydrogen) atoms. The van der Waals surface area contributed by atoms with Gasteiger partial charge in [-0.1, -0.05) is 0 Å². The Bertz CT molecular complexity index is 150. The maximum atomic E-state index is 9.20. The van der Waals surface area contributed by atoms with E-state index in [4.69, 9.17) is 20.7 Å². The Balaban J connectivity index is 2.63. The van der Waals surface area contributed by atoms with Crippen LogP contribution in [0.1, 0.15) is 0 Å². The van der Waals surface area contributed by atoms with E-state index in [0.717, 1.165) is 0 Å². The van der Waals surface area contributed by atoms with Gasteiger partial charge in [0, 0.05) is 0 Å². The predicted octanol–water partition coefficient (Wildman–Crippen LogP) is -3.26. The molecule has 5 atom stereocenters. The summed E-state index contributed by atoms with van der Waals surface area (Å²) in [6.45, 7) is -0.470. The second-order valence-corrected chi connectivity index (χ2v) is 2.81. The fourth-order valence-corrected chi connectivity index (χ4v) is 1.12. The van der Waals surface area contributed by atoms with Crippen LogP contribution in [0.3, 0.4) is 0 Å². The molecule has 1 saturated heterocycles. The third-order valence-corrected chi connectivity index (χ3v) is 1.95. The Kier molecular flexibility index (Phi) is 2.99. The van der Waals surface area contributed by atoms with Crippen molar-refractivity contribution in [3.05, 3.63) is 0 Å². The number of hydrogen-bond acceptors (Lipinski definition) is 6. The zero-order valence-corrected chi connectivity index (χ0v) is 6.37. The molecule has 1 heterocycles. The van der Waals surface area contributed by atoms with Gasteiger partial charge in [-0.05, 0) is 0 Å². The minimum absolute atomic E-state index is 0.470. The molecule has 0 radical (unpaired) electrons.